The summed E-state index contributed by atoms with van der Waals surface area (Å²) in [6, 6.07) is 4.31. The van der Waals surface area contributed by atoms with Crippen LogP contribution in [0.3, 0.4) is 0 Å². The standard InChI is InChI=1S/C16H22BrNO2/c17-15-6-11-4-5-20-16(11)14(7-15)9-18-8-12-2-1-3-13(12)10-19/h6-7,12-13,18-19H,1-5,8-10H2. The zero-order chi connectivity index (χ0) is 13.9. The van der Waals surface area contributed by atoms with Crippen molar-refractivity contribution in [2.75, 3.05) is 19.8 Å². The zero-order valence-corrected chi connectivity index (χ0v) is 13.3. The normalized spacial score (nSPS) is 24.7. The average molecular weight is 340 g/mol. The lowest BCUT2D eigenvalue weighted by molar-refractivity contribution is 0.192. The minimum Gasteiger partial charge on any atom is -0.493 e. The Hall–Kier alpha value is -0.580. The number of benzene rings is 1. The molecule has 2 aliphatic rings. The third-order valence-electron chi connectivity index (χ3n) is 4.60. The van der Waals surface area contributed by atoms with Gasteiger partial charge in [0.2, 0.25) is 0 Å². The molecular weight excluding hydrogens is 318 g/mol. The zero-order valence-electron chi connectivity index (χ0n) is 11.7. The van der Waals surface area contributed by atoms with E-state index in [9.17, 15) is 5.11 Å². The van der Waals surface area contributed by atoms with Crippen molar-refractivity contribution in [1.29, 1.82) is 0 Å². The Kier molecular flexibility index (Phi) is 4.64. The third-order valence-corrected chi connectivity index (χ3v) is 5.06. The van der Waals surface area contributed by atoms with Gasteiger partial charge >= 0.3 is 0 Å². The maximum Gasteiger partial charge on any atom is 0.127 e. The smallest absolute Gasteiger partial charge is 0.127 e. The van der Waals surface area contributed by atoms with Crippen LogP contribution in [0.2, 0.25) is 0 Å². The van der Waals surface area contributed by atoms with Gasteiger partial charge < -0.3 is 15.2 Å². The Morgan fingerprint density at radius 1 is 1.30 bits per heavy atom. The molecule has 1 aromatic carbocycles. The monoisotopic (exact) mass is 339 g/mol. The number of fused-ring (bicyclic) bond motifs is 1. The predicted octanol–water partition coefficient (Wildman–Crippen LogP) is 2.88. The van der Waals surface area contributed by atoms with Gasteiger partial charge in [-0.3, -0.25) is 0 Å². The van der Waals surface area contributed by atoms with Gasteiger partial charge in [0, 0.05) is 29.6 Å². The van der Waals surface area contributed by atoms with Crippen LogP contribution in [0.25, 0.3) is 0 Å². The van der Waals surface area contributed by atoms with E-state index < -0.39 is 0 Å². The molecule has 1 aliphatic heterocycles. The van der Waals surface area contributed by atoms with Crippen molar-refractivity contribution in [3.8, 4) is 5.75 Å². The lowest BCUT2D eigenvalue weighted by atomic mass is 9.97. The summed E-state index contributed by atoms with van der Waals surface area (Å²) in [5.41, 5.74) is 2.55. The Morgan fingerprint density at radius 2 is 2.15 bits per heavy atom. The molecule has 1 saturated carbocycles. The topological polar surface area (TPSA) is 41.5 Å². The van der Waals surface area contributed by atoms with Crippen LogP contribution < -0.4 is 10.1 Å². The molecule has 2 atom stereocenters. The van der Waals surface area contributed by atoms with E-state index in [1.165, 1.54) is 30.4 Å². The van der Waals surface area contributed by atoms with Gasteiger partial charge in [0.1, 0.15) is 5.75 Å². The van der Waals surface area contributed by atoms with Crippen LogP contribution in [0.4, 0.5) is 0 Å². The van der Waals surface area contributed by atoms with E-state index in [4.69, 9.17) is 4.74 Å². The number of hydrogen-bond acceptors (Lipinski definition) is 3. The van der Waals surface area contributed by atoms with Crippen molar-refractivity contribution >= 4 is 15.9 Å². The van der Waals surface area contributed by atoms with E-state index in [2.05, 4.69) is 33.4 Å². The maximum absolute atomic E-state index is 9.36. The molecular formula is C16H22BrNO2. The first-order valence-electron chi connectivity index (χ1n) is 7.53. The Labute approximate surface area is 128 Å². The second-order valence-electron chi connectivity index (χ2n) is 5.92. The fourth-order valence-electron chi connectivity index (χ4n) is 3.49. The van der Waals surface area contributed by atoms with E-state index >= 15 is 0 Å². The number of halogens is 1. The van der Waals surface area contributed by atoms with Crippen molar-refractivity contribution in [1.82, 2.24) is 5.32 Å². The van der Waals surface area contributed by atoms with Crippen LogP contribution >= 0.6 is 15.9 Å². The summed E-state index contributed by atoms with van der Waals surface area (Å²) >= 11 is 3.58. The van der Waals surface area contributed by atoms with Gasteiger partial charge in [-0.1, -0.05) is 22.4 Å². The highest BCUT2D eigenvalue weighted by Gasteiger charge is 2.26. The Balaban J connectivity index is 1.59. The van der Waals surface area contributed by atoms with Crippen molar-refractivity contribution in [2.45, 2.75) is 32.2 Å². The van der Waals surface area contributed by atoms with Gasteiger partial charge in [0.05, 0.1) is 6.61 Å². The molecule has 0 radical (unpaired) electrons. The van der Waals surface area contributed by atoms with E-state index in [1.54, 1.807) is 0 Å². The van der Waals surface area contributed by atoms with Crippen LogP contribution in [0.15, 0.2) is 16.6 Å². The molecule has 0 spiro atoms. The summed E-state index contributed by atoms with van der Waals surface area (Å²) < 4.78 is 6.88. The molecule has 0 saturated heterocycles. The number of ether oxygens (including phenoxy) is 1. The summed E-state index contributed by atoms with van der Waals surface area (Å²) in [5, 5.41) is 12.9. The largest absolute Gasteiger partial charge is 0.493 e. The molecule has 1 aromatic rings. The van der Waals surface area contributed by atoms with Crippen LogP contribution in [0.5, 0.6) is 5.75 Å². The Morgan fingerprint density at radius 3 is 3.00 bits per heavy atom. The van der Waals surface area contributed by atoms with Crippen LogP contribution in [0, 0.1) is 11.8 Å². The van der Waals surface area contributed by atoms with Crippen molar-refractivity contribution in [3.63, 3.8) is 0 Å². The highest BCUT2D eigenvalue weighted by molar-refractivity contribution is 9.10. The molecule has 2 unspecified atom stereocenters. The van der Waals surface area contributed by atoms with Gasteiger partial charge in [-0.15, -0.1) is 0 Å². The fraction of sp³-hybridized carbons (Fsp3) is 0.625. The molecule has 0 bridgehead atoms. The average Bonchev–Trinajstić information content (AvgIpc) is 3.06. The lowest BCUT2D eigenvalue weighted by Gasteiger charge is -2.18. The number of nitrogens with one attached hydrogen (secondary N) is 1. The first-order chi connectivity index (χ1) is 9.78. The molecule has 20 heavy (non-hydrogen) atoms. The fourth-order valence-corrected chi connectivity index (χ4v) is 4.04. The number of rotatable bonds is 5. The van der Waals surface area contributed by atoms with Crippen LogP contribution in [-0.4, -0.2) is 24.9 Å². The minimum atomic E-state index is 0.335. The first kappa shape index (κ1) is 14.4. The summed E-state index contributed by atoms with van der Waals surface area (Å²) in [6.07, 6.45) is 4.69. The van der Waals surface area contributed by atoms with Crippen molar-refractivity contribution in [3.05, 3.63) is 27.7 Å². The summed E-state index contributed by atoms with van der Waals surface area (Å²) in [5.74, 6) is 2.19. The van der Waals surface area contributed by atoms with Crippen LogP contribution in [-0.2, 0) is 13.0 Å². The van der Waals surface area contributed by atoms with Crippen molar-refractivity contribution < 1.29 is 9.84 Å². The molecule has 2 N–H and O–H groups in total. The number of aliphatic hydroxyl groups excluding tert-OH is 1. The van der Waals surface area contributed by atoms with E-state index in [1.807, 2.05) is 0 Å². The van der Waals surface area contributed by atoms with E-state index in [0.29, 0.717) is 18.4 Å². The van der Waals surface area contributed by atoms with E-state index in [0.717, 1.165) is 36.3 Å². The second kappa shape index (κ2) is 6.46. The highest BCUT2D eigenvalue weighted by Crippen LogP contribution is 2.33. The molecule has 4 heteroatoms. The molecule has 1 aliphatic carbocycles. The van der Waals surface area contributed by atoms with E-state index in [-0.39, 0.29) is 0 Å². The molecule has 1 heterocycles. The molecule has 3 rings (SSSR count). The predicted molar refractivity (Wildman–Crippen MR) is 83.0 cm³/mol. The molecule has 0 amide bonds. The first-order valence-corrected chi connectivity index (χ1v) is 8.33. The van der Waals surface area contributed by atoms with Gasteiger partial charge in [-0.25, -0.2) is 0 Å². The third kappa shape index (κ3) is 3.02. The minimum absolute atomic E-state index is 0.335. The number of hydrogen-bond donors (Lipinski definition) is 2. The summed E-state index contributed by atoms with van der Waals surface area (Å²) in [6.45, 7) is 2.97. The summed E-state index contributed by atoms with van der Waals surface area (Å²) in [7, 11) is 0. The molecule has 3 nitrogen and oxygen atoms in total. The second-order valence-corrected chi connectivity index (χ2v) is 6.83. The molecule has 0 aromatic heterocycles. The Bertz CT molecular complexity index is 478. The van der Waals surface area contributed by atoms with Crippen molar-refractivity contribution in [2.24, 2.45) is 11.8 Å². The van der Waals surface area contributed by atoms with Gasteiger partial charge in [-0.2, -0.15) is 0 Å². The maximum atomic E-state index is 9.36. The highest BCUT2D eigenvalue weighted by atomic mass is 79.9. The van der Waals surface area contributed by atoms with Gasteiger partial charge in [-0.05, 0) is 48.9 Å². The number of aliphatic hydroxyl groups is 1. The van der Waals surface area contributed by atoms with Crippen LogP contribution in [0.1, 0.15) is 30.4 Å². The quantitative estimate of drug-likeness (QED) is 0.866. The molecule has 110 valence electrons. The summed E-state index contributed by atoms with van der Waals surface area (Å²) in [4.78, 5) is 0. The SMILES string of the molecule is OCC1CCCC1CNCc1cc(Br)cc2c1OCC2. The molecule has 1 fully saturated rings. The van der Waals surface area contributed by atoms with Gasteiger partial charge in [0.15, 0.2) is 0 Å². The lowest BCUT2D eigenvalue weighted by Crippen LogP contribution is -2.26. The van der Waals surface area contributed by atoms with Gasteiger partial charge in [0.25, 0.3) is 0 Å².